The van der Waals surface area contributed by atoms with Gasteiger partial charge >= 0.3 is 0 Å². The minimum absolute atomic E-state index is 0.0534. The number of aliphatic hydroxyl groups excluding tert-OH is 1. The van der Waals surface area contributed by atoms with E-state index in [2.05, 4.69) is 56.9 Å². The van der Waals surface area contributed by atoms with Gasteiger partial charge in [0.25, 0.3) is 0 Å². The fourth-order valence-corrected chi connectivity index (χ4v) is 4.09. The molecule has 7 heteroatoms. The lowest BCUT2D eigenvalue weighted by Gasteiger charge is -2.37. The molecule has 0 radical (unpaired) electrons. The molecule has 2 rings (SSSR count). The zero-order valence-corrected chi connectivity index (χ0v) is 18.5. The molecule has 27 heavy (non-hydrogen) atoms. The highest BCUT2D eigenvalue weighted by Crippen LogP contribution is 2.37. The molecule has 0 saturated carbocycles. The van der Waals surface area contributed by atoms with Crippen molar-refractivity contribution in [3.8, 4) is 5.75 Å². The lowest BCUT2D eigenvalue weighted by atomic mass is 10.0. The second-order valence-electron chi connectivity index (χ2n) is 8.91. The first-order valence-electron chi connectivity index (χ1n) is 9.67. The van der Waals surface area contributed by atoms with Gasteiger partial charge in [-0.05, 0) is 72.6 Å². The van der Waals surface area contributed by atoms with Crippen LogP contribution in [0.1, 0.15) is 43.9 Å². The Hall–Kier alpha value is -1.53. The Labute approximate surface area is 163 Å². The van der Waals surface area contributed by atoms with Crippen molar-refractivity contribution in [1.82, 2.24) is 0 Å². The van der Waals surface area contributed by atoms with E-state index in [0.29, 0.717) is 0 Å². The van der Waals surface area contributed by atoms with E-state index in [1.54, 1.807) is 0 Å². The Balaban J connectivity index is 2.01. The minimum Gasteiger partial charge on any atom is -0.491 e. The maximum atomic E-state index is 10.5. The largest absolute Gasteiger partial charge is 0.491 e. The molecule has 2 atom stereocenters. The Kier molecular flexibility index (Phi) is 6.97. The summed E-state index contributed by atoms with van der Waals surface area (Å²) in [7, 11) is -1.98. The summed E-state index contributed by atoms with van der Waals surface area (Å²) < 4.78 is 12.0. The summed E-state index contributed by atoms with van der Waals surface area (Å²) in [6.07, 6.45) is 2.32. The van der Waals surface area contributed by atoms with Crippen LogP contribution in [0.25, 0.3) is 10.4 Å². The van der Waals surface area contributed by atoms with Gasteiger partial charge in [-0.25, -0.2) is 0 Å². The Morgan fingerprint density at radius 3 is 2.52 bits per heavy atom. The van der Waals surface area contributed by atoms with E-state index >= 15 is 0 Å². The third kappa shape index (κ3) is 5.26. The molecule has 0 amide bonds. The summed E-state index contributed by atoms with van der Waals surface area (Å²) in [4.78, 5) is 2.89. The van der Waals surface area contributed by atoms with E-state index in [1.807, 2.05) is 6.07 Å². The molecule has 1 aromatic rings. The standard InChI is InChI=1S/C20H33N3O3Si/c1-14-10-11-19(16-9-7-8-15(14)16)25-13-18(24)17(22-23-21)12-26-27(5,6)20(2,3)4/h10-11,17-18,24H,7-9,12-13H2,1-6H3/t17-,18+/m0/s1. The molecule has 1 N–H and O–H groups in total. The average Bonchev–Trinajstić information content (AvgIpc) is 3.07. The zero-order chi connectivity index (χ0) is 20.2. The van der Waals surface area contributed by atoms with Gasteiger partial charge in [0.05, 0.1) is 12.1 Å². The second kappa shape index (κ2) is 8.65. The molecular weight excluding hydrogens is 358 g/mol. The van der Waals surface area contributed by atoms with E-state index in [4.69, 9.17) is 14.7 Å². The molecule has 0 fully saturated rings. The summed E-state index contributed by atoms with van der Waals surface area (Å²) in [6.45, 7) is 13.1. The first-order valence-corrected chi connectivity index (χ1v) is 12.6. The van der Waals surface area contributed by atoms with Gasteiger partial charge in [-0.15, -0.1) is 0 Å². The third-order valence-corrected chi connectivity index (χ3v) is 10.5. The van der Waals surface area contributed by atoms with Crippen LogP contribution in [0.15, 0.2) is 17.2 Å². The normalized spacial score (nSPS) is 16.4. The van der Waals surface area contributed by atoms with Crippen molar-refractivity contribution in [3.05, 3.63) is 39.3 Å². The summed E-state index contributed by atoms with van der Waals surface area (Å²) in [5, 5.41) is 14.4. The monoisotopic (exact) mass is 391 g/mol. The number of aryl methyl sites for hydroxylation is 1. The van der Waals surface area contributed by atoms with Crippen LogP contribution in [0.4, 0.5) is 0 Å². The minimum atomic E-state index is -1.98. The van der Waals surface area contributed by atoms with Crippen molar-refractivity contribution in [2.75, 3.05) is 13.2 Å². The highest BCUT2D eigenvalue weighted by Gasteiger charge is 2.38. The van der Waals surface area contributed by atoms with E-state index in [-0.39, 0.29) is 18.3 Å². The van der Waals surface area contributed by atoms with Crippen LogP contribution < -0.4 is 4.74 Å². The SMILES string of the molecule is Cc1ccc(OC[C@@H](O)[C@H](CO[Si](C)(C)C(C)(C)C)N=[N+]=[N-])c2c1CCC2. The van der Waals surface area contributed by atoms with Crippen molar-refractivity contribution >= 4 is 8.32 Å². The molecule has 1 aromatic carbocycles. The number of hydrogen-bond acceptors (Lipinski definition) is 4. The molecule has 150 valence electrons. The highest BCUT2D eigenvalue weighted by atomic mass is 28.4. The predicted molar refractivity (Wildman–Crippen MR) is 111 cm³/mol. The number of benzene rings is 1. The van der Waals surface area contributed by atoms with Gasteiger partial charge in [0.15, 0.2) is 8.32 Å². The topological polar surface area (TPSA) is 87.5 Å². The van der Waals surface area contributed by atoms with Gasteiger partial charge in [0.1, 0.15) is 12.4 Å². The van der Waals surface area contributed by atoms with E-state index in [1.165, 1.54) is 16.7 Å². The molecule has 1 aliphatic rings. The lowest BCUT2D eigenvalue weighted by Crippen LogP contribution is -2.44. The van der Waals surface area contributed by atoms with Gasteiger partial charge in [0.2, 0.25) is 0 Å². The molecule has 6 nitrogen and oxygen atoms in total. The highest BCUT2D eigenvalue weighted by molar-refractivity contribution is 6.74. The Bertz CT molecular complexity index is 709. The molecule has 0 bridgehead atoms. The molecule has 0 spiro atoms. The summed E-state index contributed by atoms with van der Waals surface area (Å²) in [5.74, 6) is 0.831. The number of aliphatic hydroxyl groups is 1. The van der Waals surface area contributed by atoms with Crippen LogP contribution in [0.5, 0.6) is 5.75 Å². The summed E-state index contributed by atoms with van der Waals surface area (Å²) in [5.41, 5.74) is 12.8. The Morgan fingerprint density at radius 1 is 1.22 bits per heavy atom. The summed E-state index contributed by atoms with van der Waals surface area (Å²) in [6, 6.07) is 3.38. The van der Waals surface area contributed by atoms with Crippen molar-refractivity contribution in [1.29, 1.82) is 0 Å². The van der Waals surface area contributed by atoms with Crippen molar-refractivity contribution in [3.63, 3.8) is 0 Å². The van der Waals surface area contributed by atoms with Crippen molar-refractivity contribution in [2.45, 2.75) is 77.2 Å². The van der Waals surface area contributed by atoms with Crippen LogP contribution in [-0.4, -0.2) is 38.8 Å². The lowest BCUT2D eigenvalue weighted by molar-refractivity contribution is 0.0657. The van der Waals surface area contributed by atoms with Gasteiger partial charge in [-0.3, -0.25) is 0 Å². The summed E-state index contributed by atoms with van der Waals surface area (Å²) >= 11 is 0. The number of ether oxygens (including phenoxy) is 1. The fraction of sp³-hybridized carbons (Fsp3) is 0.700. The first-order chi connectivity index (χ1) is 12.6. The van der Waals surface area contributed by atoms with Gasteiger partial charge < -0.3 is 14.3 Å². The molecule has 0 heterocycles. The van der Waals surface area contributed by atoms with Gasteiger partial charge in [0, 0.05) is 11.5 Å². The molecule has 0 aromatic heterocycles. The van der Waals surface area contributed by atoms with Crippen molar-refractivity contribution in [2.24, 2.45) is 5.11 Å². The number of hydrogen-bond donors (Lipinski definition) is 1. The van der Waals surface area contributed by atoms with Gasteiger partial charge in [-0.2, -0.15) is 0 Å². The van der Waals surface area contributed by atoms with Crippen LogP contribution in [0.3, 0.4) is 0 Å². The molecule has 0 saturated heterocycles. The van der Waals surface area contributed by atoms with Crippen LogP contribution in [-0.2, 0) is 17.3 Å². The molecule has 0 aliphatic heterocycles. The number of fused-ring (bicyclic) bond motifs is 1. The van der Waals surface area contributed by atoms with E-state index < -0.39 is 20.5 Å². The number of rotatable bonds is 8. The van der Waals surface area contributed by atoms with Crippen LogP contribution in [0, 0.1) is 6.92 Å². The number of nitrogens with zero attached hydrogens (tertiary/aromatic N) is 3. The maximum Gasteiger partial charge on any atom is 0.191 e. The van der Waals surface area contributed by atoms with Gasteiger partial charge in [-0.1, -0.05) is 32.0 Å². The molecule has 1 aliphatic carbocycles. The maximum absolute atomic E-state index is 10.5. The quantitative estimate of drug-likeness (QED) is 0.295. The van der Waals surface area contributed by atoms with Crippen molar-refractivity contribution < 1.29 is 14.3 Å². The molecular formula is C20H33N3O3Si. The first kappa shape index (κ1) is 21.8. The van der Waals surface area contributed by atoms with Crippen LogP contribution >= 0.6 is 0 Å². The molecule has 0 unspecified atom stereocenters. The Morgan fingerprint density at radius 2 is 1.89 bits per heavy atom. The second-order valence-corrected chi connectivity index (χ2v) is 13.7. The van der Waals surface area contributed by atoms with Crippen LogP contribution in [0.2, 0.25) is 18.1 Å². The average molecular weight is 392 g/mol. The third-order valence-electron chi connectivity index (χ3n) is 5.95. The predicted octanol–water partition coefficient (Wildman–Crippen LogP) is 4.92. The van der Waals surface area contributed by atoms with E-state index in [0.717, 1.165) is 25.0 Å². The fourth-order valence-electron chi connectivity index (χ4n) is 3.07. The smallest absolute Gasteiger partial charge is 0.191 e. The number of azide groups is 1. The van der Waals surface area contributed by atoms with E-state index in [9.17, 15) is 5.11 Å². The zero-order valence-electron chi connectivity index (χ0n) is 17.5.